The first-order chi connectivity index (χ1) is 8.31. The molecule has 94 valence electrons. The van der Waals surface area contributed by atoms with Gasteiger partial charge in [0.2, 0.25) is 0 Å². The Labute approximate surface area is 117 Å². The normalized spacial score (nSPS) is 22.4. The maximum Gasteiger partial charge on any atom is 0.0512 e. The topological polar surface area (TPSA) is 21.3 Å². The van der Waals surface area contributed by atoms with E-state index in [0.717, 1.165) is 19.8 Å². The zero-order valence-corrected chi connectivity index (χ0v) is 12.4. The van der Waals surface area contributed by atoms with E-state index in [2.05, 4.69) is 59.1 Å². The highest BCUT2D eigenvalue weighted by Gasteiger charge is 2.24. The summed E-state index contributed by atoms with van der Waals surface area (Å²) in [5, 5.41) is 3.61. The van der Waals surface area contributed by atoms with Crippen molar-refractivity contribution < 1.29 is 4.74 Å². The molecule has 2 rings (SSSR count). The first-order valence-electron chi connectivity index (χ1n) is 6.38. The molecule has 0 amide bonds. The van der Waals surface area contributed by atoms with Gasteiger partial charge in [0.05, 0.1) is 6.61 Å². The lowest BCUT2D eigenvalue weighted by atomic mass is 9.89. The monoisotopic (exact) mass is 345 g/mol. The van der Waals surface area contributed by atoms with Gasteiger partial charge in [-0.3, -0.25) is 0 Å². The molecule has 0 spiro atoms. The van der Waals surface area contributed by atoms with Gasteiger partial charge in [0.1, 0.15) is 0 Å². The van der Waals surface area contributed by atoms with Crippen molar-refractivity contribution in [3.05, 3.63) is 33.4 Å². The fourth-order valence-corrected chi connectivity index (χ4v) is 2.83. The summed E-state index contributed by atoms with van der Waals surface area (Å²) in [5.74, 6) is 0.615. The SMILES string of the molecule is CCNC(c1ccc(I)cc1)C1CCCOC1. The van der Waals surface area contributed by atoms with Gasteiger partial charge in [-0.2, -0.15) is 0 Å². The molecule has 17 heavy (non-hydrogen) atoms. The van der Waals surface area contributed by atoms with Gasteiger partial charge in [0.15, 0.2) is 0 Å². The van der Waals surface area contributed by atoms with Crippen molar-refractivity contribution >= 4 is 22.6 Å². The second-order valence-corrected chi connectivity index (χ2v) is 5.81. The molecule has 2 unspecified atom stereocenters. The third kappa shape index (κ3) is 3.66. The van der Waals surface area contributed by atoms with Crippen LogP contribution in [0.5, 0.6) is 0 Å². The molecular formula is C14H20INO. The molecule has 1 fully saturated rings. The molecule has 0 radical (unpaired) electrons. The molecule has 2 atom stereocenters. The van der Waals surface area contributed by atoms with E-state index in [1.807, 2.05) is 0 Å². The Bertz CT molecular complexity index is 333. The van der Waals surface area contributed by atoms with Crippen LogP contribution in [0.15, 0.2) is 24.3 Å². The van der Waals surface area contributed by atoms with E-state index in [-0.39, 0.29) is 0 Å². The Morgan fingerprint density at radius 1 is 1.41 bits per heavy atom. The Balaban J connectivity index is 2.12. The number of ether oxygens (including phenoxy) is 1. The van der Waals surface area contributed by atoms with Crippen LogP contribution in [0.4, 0.5) is 0 Å². The van der Waals surface area contributed by atoms with Gasteiger partial charge < -0.3 is 10.1 Å². The van der Waals surface area contributed by atoms with E-state index < -0.39 is 0 Å². The Hall–Kier alpha value is -0.130. The lowest BCUT2D eigenvalue weighted by Crippen LogP contribution is -2.33. The van der Waals surface area contributed by atoms with E-state index in [4.69, 9.17) is 4.74 Å². The third-order valence-electron chi connectivity index (χ3n) is 3.32. The zero-order valence-electron chi connectivity index (χ0n) is 10.3. The third-order valence-corrected chi connectivity index (χ3v) is 4.04. The van der Waals surface area contributed by atoms with Gasteiger partial charge in [-0.15, -0.1) is 0 Å². The van der Waals surface area contributed by atoms with E-state index in [0.29, 0.717) is 12.0 Å². The maximum absolute atomic E-state index is 5.61. The standard InChI is InChI=1S/C14H20INO/c1-2-16-14(12-4-3-9-17-10-12)11-5-7-13(15)8-6-11/h5-8,12,14,16H,2-4,9-10H2,1H3. The van der Waals surface area contributed by atoms with E-state index in [1.165, 1.54) is 22.0 Å². The smallest absolute Gasteiger partial charge is 0.0512 e. The highest BCUT2D eigenvalue weighted by Crippen LogP contribution is 2.29. The number of rotatable bonds is 4. The molecule has 2 nitrogen and oxygen atoms in total. The van der Waals surface area contributed by atoms with Crippen molar-refractivity contribution in [1.82, 2.24) is 5.32 Å². The Morgan fingerprint density at radius 3 is 2.76 bits per heavy atom. The zero-order chi connectivity index (χ0) is 12.1. The Kier molecular flexibility index (Phi) is 5.25. The number of hydrogen-bond donors (Lipinski definition) is 1. The fourth-order valence-electron chi connectivity index (χ4n) is 2.48. The molecule has 0 bridgehead atoms. The van der Waals surface area contributed by atoms with Crippen LogP contribution in [0.3, 0.4) is 0 Å². The van der Waals surface area contributed by atoms with Crippen molar-refractivity contribution in [3.63, 3.8) is 0 Å². The maximum atomic E-state index is 5.61. The number of halogens is 1. The van der Waals surface area contributed by atoms with E-state index >= 15 is 0 Å². The van der Waals surface area contributed by atoms with E-state index in [1.54, 1.807) is 0 Å². The van der Waals surface area contributed by atoms with Crippen LogP contribution in [0.2, 0.25) is 0 Å². The summed E-state index contributed by atoms with van der Waals surface area (Å²) >= 11 is 2.35. The molecule has 1 heterocycles. The van der Waals surface area contributed by atoms with Crippen LogP contribution in [0.1, 0.15) is 31.4 Å². The molecule has 0 aliphatic carbocycles. The number of hydrogen-bond acceptors (Lipinski definition) is 2. The summed E-state index contributed by atoms with van der Waals surface area (Å²) in [6.45, 7) is 5.00. The molecule has 1 aromatic rings. The van der Waals surface area contributed by atoms with Gasteiger partial charge in [0.25, 0.3) is 0 Å². The average Bonchev–Trinajstić information content (AvgIpc) is 2.38. The largest absolute Gasteiger partial charge is 0.381 e. The minimum atomic E-state index is 0.442. The van der Waals surface area contributed by atoms with Crippen molar-refractivity contribution in [2.24, 2.45) is 5.92 Å². The second kappa shape index (κ2) is 6.71. The molecule has 0 aromatic heterocycles. The highest BCUT2D eigenvalue weighted by atomic mass is 127. The summed E-state index contributed by atoms with van der Waals surface area (Å²) in [6, 6.07) is 9.29. The van der Waals surface area contributed by atoms with Crippen LogP contribution in [-0.2, 0) is 4.74 Å². The fraction of sp³-hybridized carbons (Fsp3) is 0.571. The van der Waals surface area contributed by atoms with Crippen LogP contribution >= 0.6 is 22.6 Å². The van der Waals surface area contributed by atoms with Crippen molar-refractivity contribution in [1.29, 1.82) is 0 Å². The second-order valence-electron chi connectivity index (χ2n) is 4.56. The lowest BCUT2D eigenvalue weighted by molar-refractivity contribution is 0.0393. The summed E-state index contributed by atoms with van der Waals surface area (Å²) in [4.78, 5) is 0. The van der Waals surface area contributed by atoms with Crippen LogP contribution in [-0.4, -0.2) is 19.8 Å². The van der Waals surface area contributed by atoms with Gasteiger partial charge in [-0.1, -0.05) is 19.1 Å². The molecule has 1 N–H and O–H groups in total. The van der Waals surface area contributed by atoms with Gasteiger partial charge in [-0.25, -0.2) is 0 Å². The first-order valence-corrected chi connectivity index (χ1v) is 7.45. The van der Waals surface area contributed by atoms with Crippen molar-refractivity contribution in [2.75, 3.05) is 19.8 Å². The molecule has 3 heteroatoms. The van der Waals surface area contributed by atoms with Gasteiger partial charge in [-0.05, 0) is 59.7 Å². The lowest BCUT2D eigenvalue weighted by Gasteiger charge is -2.31. The molecule has 1 saturated heterocycles. The number of benzene rings is 1. The summed E-state index contributed by atoms with van der Waals surface area (Å²) in [5.41, 5.74) is 1.39. The quantitative estimate of drug-likeness (QED) is 0.845. The predicted octanol–water partition coefficient (Wildman–Crippen LogP) is 3.37. The van der Waals surface area contributed by atoms with E-state index in [9.17, 15) is 0 Å². The minimum absolute atomic E-state index is 0.442. The minimum Gasteiger partial charge on any atom is -0.381 e. The van der Waals surface area contributed by atoms with Gasteiger partial charge >= 0.3 is 0 Å². The van der Waals surface area contributed by atoms with Crippen molar-refractivity contribution in [3.8, 4) is 0 Å². The summed E-state index contributed by atoms with van der Waals surface area (Å²) in [6.07, 6.45) is 2.46. The molecule has 1 aliphatic heterocycles. The average molecular weight is 345 g/mol. The van der Waals surface area contributed by atoms with Crippen LogP contribution < -0.4 is 5.32 Å². The Morgan fingerprint density at radius 2 is 2.18 bits per heavy atom. The summed E-state index contributed by atoms with van der Waals surface area (Å²) in [7, 11) is 0. The van der Waals surface area contributed by atoms with Crippen LogP contribution in [0, 0.1) is 9.49 Å². The van der Waals surface area contributed by atoms with Crippen molar-refractivity contribution in [2.45, 2.75) is 25.8 Å². The van der Waals surface area contributed by atoms with Gasteiger partial charge in [0, 0.05) is 22.1 Å². The predicted molar refractivity (Wildman–Crippen MR) is 79.1 cm³/mol. The molecular weight excluding hydrogens is 325 g/mol. The first kappa shape index (κ1) is 13.3. The summed E-state index contributed by atoms with van der Waals surface area (Å²) < 4.78 is 6.91. The molecule has 1 aromatic carbocycles. The molecule has 1 aliphatic rings. The number of nitrogens with one attached hydrogen (secondary N) is 1. The highest BCUT2D eigenvalue weighted by molar-refractivity contribution is 14.1. The molecule has 0 saturated carbocycles. The van der Waals surface area contributed by atoms with Crippen LogP contribution in [0.25, 0.3) is 0 Å².